The van der Waals surface area contributed by atoms with Crippen molar-refractivity contribution in [2.45, 2.75) is 380 Å². The summed E-state index contributed by atoms with van der Waals surface area (Å²) in [6, 6.07) is 0. The fourth-order valence-corrected chi connectivity index (χ4v) is 10.2. The average Bonchev–Trinajstić information content (AvgIpc) is 3.42. The highest BCUT2D eigenvalue weighted by molar-refractivity contribution is 5.71. The van der Waals surface area contributed by atoms with Gasteiger partial charge >= 0.3 is 17.9 Å². The first-order chi connectivity index (χ1) is 37.5. The van der Waals surface area contributed by atoms with Gasteiger partial charge in [0.15, 0.2) is 6.10 Å². The standard InChI is InChI=1S/C70H130O6/c1-4-7-10-13-16-19-22-25-28-30-32-34-35-36-38-39-42-45-48-51-54-57-60-63-69(72)75-66-67(65-74-68(71)62-59-56-53-50-47-44-41-27-24-21-18-15-12-9-6-3)76-70(73)64-61-58-55-52-49-46-43-40-37-33-31-29-26-23-20-17-14-11-8-5-2/h18,21,27,30,32,41,67H,4-17,19-20,22-26,28-29,31,33-40,42-66H2,1-3H3/b21-18-,32-30-,41-27-. The maximum absolute atomic E-state index is 12.9. The number of hydrogen-bond donors (Lipinski definition) is 0. The Morgan fingerprint density at radius 1 is 0.263 bits per heavy atom. The summed E-state index contributed by atoms with van der Waals surface area (Å²) in [6.45, 7) is 6.67. The molecule has 0 aromatic carbocycles. The molecule has 0 saturated heterocycles. The zero-order valence-corrected chi connectivity index (χ0v) is 51.3. The van der Waals surface area contributed by atoms with E-state index in [1.165, 1.54) is 257 Å². The largest absolute Gasteiger partial charge is 0.462 e. The third-order valence-electron chi connectivity index (χ3n) is 15.4. The lowest BCUT2D eigenvalue weighted by Gasteiger charge is -2.18. The lowest BCUT2D eigenvalue weighted by molar-refractivity contribution is -0.167. The summed E-state index contributed by atoms with van der Waals surface area (Å²) in [4.78, 5) is 38.4. The molecular weight excluding hydrogens is 937 g/mol. The van der Waals surface area contributed by atoms with E-state index in [-0.39, 0.29) is 31.1 Å². The van der Waals surface area contributed by atoms with Gasteiger partial charge in [0, 0.05) is 19.3 Å². The van der Waals surface area contributed by atoms with Gasteiger partial charge in [-0.05, 0) is 77.0 Å². The first-order valence-corrected chi connectivity index (χ1v) is 34.0. The van der Waals surface area contributed by atoms with Gasteiger partial charge in [-0.3, -0.25) is 14.4 Å². The van der Waals surface area contributed by atoms with E-state index >= 15 is 0 Å². The first kappa shape index (κ1) is 73.6. The van der Waals surface area contributed by atoms with Gasteiger partial charge in [-0.15, -0.1) is 0 Å². The van der Waals surface area contributed by atoms with E-state index in [2.05, 4.69) is 57.2 Å². The van der Waals surface area contributed by atoms with Crippen LogP contribution in [0.25, 0.3) is 0 Å². The Hall–Kier alpha value is -2.37. The fourth-order valence-electron chi connectivity index (χ4n) is 10.2. The predicted molar refractivity (Wildman–Crippen MR) is 330 cm³/mol. The van der Waals surface area contributed by atoms with Crippen LogP contribution in [0.4, 0.5) is 0 Å². The van der Waals surface area contributed by atoms with Crippen LogP contribution in [-0.4, -0.2) is 37.2 Å². The van der Waals surface area contributed by atoms with Gasteiger partial charge in [0.05, 0.1) is 0 Å². The van der Waals surface area contributed by atoms with Crippen molar-refractivity contribution in [3.05, 3.63) is 36.5 Å². The normalized spacial score (nSPS) is 12.2. The first-order valence-electron chi connectivity index (χ1n) is 34.0. The molecule has 0 spiro atoms. The van der Waals surface area contributed by atoms with Gasteiger partial charge in [0.25, 0.3) is 0 Å². The molecule has 0 amide bonds. The monoisotopic (exact) mass is 1070 g/mol. The molecule has 0 heterocycles. The maximum atomic E-state index is 12.9. The molecule has 0 saturated carbocycles. The summed E-state index contributed by atoms with van der Waals surface area (Å²) in [5.41, 5.74) is 0. The second-order valence-electron chi connectivity index (χ2n) is 23.1. The van der Waals surface area contributed by atoms with E-state index in [1.54, 1.807) is 0 Å². The fraction of sp³-hybridized carbons (Fsp3) is 0.871. The third-order valence-corrected chi connectivity index (χ3v) is 15.4. The number of ether oxygens (including phenoxy) is 3. The Balaban J connectivity index is 4.29. The molecule has 0 bridgehead atoms. The van der Waals surface area contributed by atoms with Gasteiger partial charge in [0.2, 0.25) is 0 Å². The van der Waals surface area contributed by atoms with Crippen molar-refractivity contribution in [1.29, 1.82) is 0 Å². The van der Waals surface area contributed by atoms with Crippen LogP contribution >= 0.6 is 0 Å². The van der Waals surface area contributed by atoms with Crippen molar-refractivity contribution in [3.8, 4) is 0 Å². The van der Waals surface area contributed by atoms with Crippen LogP contribution < -0.4 is 0 Å². The molecule has 0 aliphatic heterocycles. The Bertz CT molecular complexity index is 1270. The van der Waals surface area contributed by atoms with Crippen molar-refractivity contribution in [1.82, 2.24) is 0 Å². The maximum Gasteiger partial charge on any atom is 0.306 e. The Morgan fingerprint density at radius 3 is 0.763 bits per heavy atom. The van der Waals surface area contributed by atoms with Gasteiger partial charge in [-0.1, -0.05) is 314 Å². The molecule has 0 aliphatic carbocycles. The predicted octanol–water partition coefficient (Wildman–Crippen LogP) is 23.2. The number of unbranched alkanes of at least 4 members (excludes halogenated alkanes) is 46. The molecule has 0 aromatic heterocycles. The molecule has 446 valence electrons. The van der Waals surface area contributed by atoms with Gasteiger partial charge in [0.1, 0.15) is 13.2 Å². The molecule has 0 aromatic rings. The summed E-state index contributed by atoms with van der Waals surface area (Å²) in [5, 5.41) is 0. The highest BCUT2D eigenvalue weighted by Crippen LogP contribution is 2.18. The number of esters is 3. The summed E-state index contributed by atoms with van der Waals surface area (Å²) < 4.78 is 17.0. The second-order valence-corrected chi connectivity index (χ2v) is 23.1. The minimum Gasteiger partial charge on any atom is -0.462 e. The lowest BCUT2D eigenvalue weighted by Crippen LogP contribution is -2.30. The lowest BCUT2D eigenvalue weighted by atomic mass is 10.0. The zero-order chi connectivity index (χ0) is 55.0. The summed E-state index contributed by atoms with van der Waals surface area (Å²) in [7, 11) is 0. The van der Waals surface area contributed by atoms with Crippen LogP contribution in [0.1, 0.15) is 374 Å². The number of carbonyl (C=O) groups is 3. The van der Waals surface area contributed by atoms with Crippen LogP contribution in [0.2, 0.25) is 0 Å². The van der Waals surface area contributed by atoms with Gasteiger partial charge < -0.3 is 14.2 Å². The highest BCUT2D eigenvalue weighted by atomic mass is 16.6. The smallest absolute Gasteiger partial charge is 0.306 e. The minimum atomic E-state index is -0.777. The van der Waals surface area contributed by atoms with E-state index in [4.69, 9.17) is 14.2 Å². The number of rotatable bonds is 63. The molecule has 0 fully saturated rings. The summed E-state index contributed by atoms with van der Waals surface area (Å²) in [6.07, 6.45) is 80.2. The van der Waals surface area contributed by atoms with Crippen molar-refractivity contribution in [2.75, 3.05) is 13.2 Å². The Morgan fingerprint density at radius 2 is 0.474 bits per heavy atom. The number of carbonyl (C=O) groups excluding carboxylic acids is 3. The van der Waals surface area contributed by atoms with Crippen LogP contribution in [0.15, 0.2) is 36.5 Å². The third kappa shape index (κ3) is 62.5. The van der Waals surface area contributed by atoms with Crippen molar-refractivity contribution >= 4 is 17.9 Å². The van der Waals surface area contributed by atoms with E-state index in [9.17, 15) is 14.4 Å². The molecule has 76 heavy (non-hydrogen) atoms. The molecular formula is C70H130O6. The molecule has 0 radical (unpaired) electrons. The molecule has 0 N–H and O–H groups in total. The molecule has 1 atom stereocenters. The molecule has 1 unspecified atom stereocenters. The van der Waals surface area contributed by atoms with Crippen LogP contribution in [0, 0.1) is 0 Å². The molecule has 0 rings (SSSR count). The quantitative estimate of drug-likeness (QED) is 0.0261. The van der Waals surface area contributed by atoms with Crippen molar-refractivity contribution in [3.63, 3.8) is 0 Å². The van der Waals surface area contributed by atoms with Crippen molar-refractivity contribution in [2.24, 2.45) is 0 Å². The summed E-state index contributed by atoms with van der Waals surface area (Å²) >= 11 is 0. The van der Waals surface area contributed by atoms with E-state index in [0.29, 0.717) is 19.3 Å². The van der Waals surface area contributed by atoms with Crippen LogP contribution in [0.3, 0.4) is 0 Å². The molecule has 6 nitrogen and oxygen atoms in total. The molecule has 6 heteroatoms. The zero-order valence-electron chi connectivity index (χ0n) is 51.3. The Kier molecular flexibility index (Phi) is 63.1. The van der Waals surface area contributed by atoms with E-state index < -0.39 is 6.10 Å². The second kappa shape index (κ2) is 65.2. The van der Waals surface area contributed by atoms with E-state index in [1.807, 2.05) is 0 Å². The van der Waals surface area contributed by atoms with E-state index in [0.717, 1.165) is 77.0 Å². The SMILES string of the molecule is CCCCC/C=C\C/C=C\CCCCCCCC(=O)OCC(COC(=O)CCCCCCCCCCCCC/C=C\CCCCCCCCCC)OC(=O)CCCCCCCCCCCCCCCCCCCCCC. The van der Waals surface area contributed by atoms with Gasteiger partial charge in [-0.25, -0.2) is 0 Å². The summed E-state index contributed by atoms with van der Waals surface area (Å²) in [5.74, 6) is -0.860. The van der Waals surface area contributed by atoms with Crippen LogP contribution in [-0.2, 0) is 28.6 Å². The minimum absolute atomic E-state index is 0.0726. The Labute approximate surface area is 474 Å². The topological polar surface area (TPSA) is 78.9 Å². The molecule has 0 aliphatic rings. The van der Waals surface area contributed by atoms with Crippen LogP contribution in [0.5, 0.6) is 0 Å². The number of allylic oxidation sites excluding steroid dienone is 6. The average molecular weight is 1070 g/mol. The highest BCUT2D eigenvalue weighted by Gasteiger charge is 2.19. The number of hydrogen-bond acceptors (Lipinski definition) is 6. The van der Waals surface area contributed by atoms with Gasteiger partial charge in [-0.2, -0.15) is 0 Å². The van der Waals surface area contributed by atoms with Crippen molar-refractivity contribution < 1.29 is 28.6 Å².